The van der Waals surface area contributed by atoms with Gasteiger partial charge in [0.2, 0.25) is 5.69 Å². The lowest BCUT2D eigenvalue weighted by atomic mass is 9.83. The Labute approximate surface area is 180 Å². The third kappa shape index (κ3) is 3.92. The summed E-state index contributed by atoms with van der Waals surface area (Å²) < 4.78 is 8.20. The number of aromatic nitrogens is 3. The number of carbonyl (C=O) groups is 1. The number of methoxy groups -OCH3 is 1. The molecule has 0 atom stereocenters. The van der Waals surface area contributed by atoms with Crippen LogP contribution >= 0.6 is 0 Å². The number of pyridine rings is 1. The van der Waals surface area contributed by atoms with E-state index in [0.717, 1.165) is 28.5 Å². The second-order valence-corrected chi connectivity index (χ2v) is 7.95. The van der Waals surface area contributed by atoms with Crippen molar-refractivity contribution in [2.45, 2.75) is 44.2 Å². The maximum Gasteiger partial charge on any atom is 0.325 e. The highest BCUT2D eigenvalue weighted by molar-refractivity contribution is 6.04. The Balaban J connectivity index is 1.61. The van der Waals surface area contributed by atoms with Crippen molar-refractivity contribution in [3.05, 3.63) is 47.9 Å². The van der Waals surface area contributed by atoms with Crippen molar-refractivity contribution < 1.29 is 24.6 Å². The van der Waals surface area contributed by atoms with Crippen LogP contribution < -0.4 is 14.8 Å². The Morgan fingerprint density at radius 3 is 2.81 bits per heavy atom. The van der Waals surface area contributed by atoms with Crippen molar-refractivity contribution in [2.75, 3.05) is 12.4 Å². The van der Waals surface area contributed by atoms with E-state index >= 15 is 0 Å². The first-order chi connectivity index (χ1) is 14.8. The van der Waals surface area contributed by atoms with E-state index < -0.39 is 11.5 Å². The summed E-state index contributed by atoms with van der Waals surface area (Å²) in [5.41, 5.74) is 0.844. The normalized spacial score (nSPS) is 20.9. The largest absolute Gasteiger partial charge is 0.494 e. The fourth-order valence-electron chi connectivity index (χ4n) is 3.98. The van der Waals surface area contributed by atoms with Crippen LogP contribution in [0.2, 0.25) is 0 Å². The maximum atomic E-state index is 12.7. The van der Waals surface area contributed by atoms with Crippen LogP contribution in [-0.4, -0.2) is 38.7 Å². The maximum absolute atomic E-state index is 12.7. The number of nitrogens with zero attached hydrogens (tertiary/aromatic N) is 3. The summed E-state index contributed by atoms with van der Waals surface area (Å²) in [4.78, 5) is 12.7. The molecule has 2 heterocycles. The summed E-state index contributed by atoms with van der Waals surface area (Å²) in [6.07, 6.45) is 9.91. The predicted molar refractivity (Wildman–Crippen MR) is 114 cm³/mol. The molecule has 1 amide bonds. The van der Waals surface area contributed by atoms with E-state index in [-0.39, 0.29) is 11.7 Å². The number of anilines is 1. The van der Waals surface area contributed by atoms with Crippen LogP contribution in [-0.2, 0) is 0 Å². The Kier molecular flexibility index (Phi) is 5.29. The molecular formula is C23H25N4O4+. The summed E-state index contributed by atoms with van der Waals surface area (Å²) in [5, 5.41) is 28.7. The molecule has 1 aliphatic rings. The molecule has 8 nitrogen and oxygen atoms in total. The molecule has 8 heteroatoms. The molecule has 2 aromatic heterocycles. The van der Waals surface area contributed by atoms with Gasteiger partial charge in [0.1, 0.15) is 11.4 Å². The fourth-order valence-corrected chi connectivity index (χ4v) is 3.98. The lowest BCUT2D eigenvalue weighted by Gasteiger charge is -2.32. The molecule has 31 heavy (non-hydrogen) atoms. The van der Waals surface area contributed by atoms with E-state index in [1.54, 1.807) is 31.2 Å². The zero-order valence-electron chi connectivity index (χ0n) is 17.5. The molecule has 3 aromatic rings. The minimum absolute atomic E-state index is 0.112. The van der Waals surface area contributed by atoms with Crippen LogP contribution in [0.3, 0.4) is 0 Å². The number of benzene rings is 1. The van der Waals surface area contributed by atoms with Crippen molar-refractivity contribution in [2.24, 2.45) is 0 Å². The smallest absolute Gasteiger partial charge is 0.325 e. The molecule has 0 radical (unpaired) electrons. The van der Waals surface area contributed by atoms with E-state index in [1.165, 1.54) is 13.2 Å². The molecule has 0 saturated heterocycles. The highest BCUT2D eigenvalue weighted by Gasteiger charge is 2.32. The molecule has 0 aliphatic heterocycles. The van der Waals surface area contributed by atoms with Gasteiger partial charge in [0, 0.05) is 41.4 Å². The fraction of sp³-hybridized carbons (Fsp3) is 0.348. The molecular weight excluding hydrogens is 396 g/mol. The van der Waals surface area contributed by atoms with Gasteiger partial charge in [-0.1, -0.05) is 5.92 Å². The lowest BCUT2D eigenvalue weighted by molar-refractivity contribution is -0.909. The first-order valence-corrected chi connectivity index (χ1v) is 10.1. The molecule has 0 unspecified atom stereocenters. The van der Waals surface area contributed by atoms with Gasteiger partial charge in [-0.25, -0.2) is 0 Å². The standard InChI is InChI=1S/C23H24N4O4/c1-4-23(29)10-8-17(9-11-23)26-14-16-12-19(21(31-3)13-18(16)25-26)24-22(28)20-7-5-6-15(2)27(20)30/h1,5-7,12-14,17,29H,8-11H2,2-3H3,(H-,24,28,30)/p+1. The third-order valence-corrected chi connectivity index (χ3v) is 5.90. The minimum atomic E-state index is -1.02. The van der Waals surface area contributed by atoms with Gasteiger partial charge in [-0.15, -0.1) is 6.42 Å². The van der Waals surface area contributed by atoms with Gasteiger partial charge < -0.3 is 15.2 Å². The summed E-state index contributed by atoms with van der Waals surface area (Å²) in [6, 6.07) is 8.65. The topological polar surface area (TPSA) is 100 Å². The van der Waals surface area contributed by atoms with Gasteiger partial charge in [0.25, 0.3) is 0 Å². The first-order valence-electron chi connectivity index (χ1n) is 10.1. The van der Waals surface area contributed by atoms with Crippen LogP contribution in [0.1, 0.15) is 47.9 Å². The molecule has 3 N–H and O–H groups in total. The molecule has 1 aromatic carbocycles. The van der Waals surface area contributed by atoms with Crippen LogP contribution in [0, 0.1) is 19.3 Å². The Hall–Kier alpha value is -3.57. The quantitative estimate of drug-likeness (QED) is 0.342. The molecule has 1 saturated carbocycles. The van der Waals surface area contributed by atoms with Gasteiger partial charge in [0.05, 0.1) is 24.4 Å². The number of fused-ring (bicyclic) bond motifs is 1. The molecule has 4 rings (SSSR count). The number of terminal acetylenes is 1. The average molecular weight is 421 g/mol. The Bertz CT molecular complexity index is 1190. The number of aliphatic hydroxyl groups is 1. The number of hydrogen-bond acceptors (Lipinski definition) is 5. The summed E-state index contributed by atoms with van der Waals surface area (Å²) in [5.74, 6) is 2.50. The van der Waals surface area contributed by atoms with Gasteiger partial charge in [0.15, 0.2) is 0 Å². The number of aryl methyl sites for hydroxylation is 1. The summed E-state index contributed by atoms with van der Waals surface area (Å²) in [7, 11) is 1.52. The summed E-state index contributed by atoms with van der Waals surface area (Å²) in [6.45, 7) is 1.70. The Morgan fingerprint density at radius 2 is 2.13 bits per heavy atom. The van der Waals surface area contributed by atoms with Crippen molar-refractivity contribution in [1.82, 2.24) is 9.78 Å². The summed E-state index contributed by atoms with van der Waals surface area (Å²) >= 11 is 0. The molecule has 0 bridgehead atoms. The van der Waals surface area contributed by atoms with Gasteiger partial charge >= 0.3 is 11.6 Å². The first kappa shape index (κ1) is 20.7. The van der Waals surface area contributed by atoms with Gasteiger partial charge in [-0.3, -0.25) is 14.7 Å². The number of nitrogens with one attached hydrogen (secondary N) is 1. The average Bonchev–Trinajstić information content (AvgIpc) is 3.18. The Morgan fingerprint density at radius 1 is 1.39 bits per heavy atom. The van der Waals surface area contributed by atoms with Crippen LogP contribution in [0.4, 0.5) is 5.69 Å². The van der Waals surface area contributed by atoms with Crippen molar-refractivity contribution >= 4 is 22.5 Å². The SMILES string of the molecule is C#CC1(O)CCC(n2cc3cc(NC(=O)c4cccc(C)[n+]4O)c(OC)cc3n2)CC1. The number of rotatable bonds is 4. The minimum Gasteiger partial charge on any atom is -0.494 e. The van der Waals surface area contributed by atoms with E-state index in [9.17, 15) is 15.1 Å². The number of carbonyl (C=O) groups excluding carboxylic acids is 1. The molecule has 160 valence electrons. The second-order valence-electron chi connectivity index (χ2n) is 7.95. The molecule has 1 aliphatic carbocycles. The predicted octanol–water partition coefficient (Wildman–Crippen LogP) is 2.61. The van der Waals surface area contributed by atoms with Crippen molar-refractivity contribution in [3.63, 3.8) is 0 Å². The monoisotopic (exact) mass is 421 g/mol. The van der Waals surface area contributed by atoms with E-state index in [1.807, 2.05) is 10.9 Å². The van der Waals surface area contributed by atoms with Gasteiger partial charge in [-0.05, 0) is 37.8 Å². The highest BCUT2D eigenvalue weighted by atomic mass is 16.5. The number of ether oxygens (including phenoxy) is 1. The second kappa shape index (κ2) is 7.93. The molecule has 1 fully saturated rings. The highest BCUT2D eigenvalue weighted by Crippen LogP contribution is 2.36. The zero-order chi connectivity index (χ0) is 22.2. The van der Waals surface area contributed by atoms with Crippen LogP contribution in [0.15, 0.2) is 36.5 Å². The van der Waals surface area contributed by atoms with E-state index in [2.05, 4.69) is 16.3 Å². The molecule has 0 spiro atoms. The van der Waals surface area contributed by atoms with Crippen molar-refractivity contribution in [3.8, 4) is 18.1 Å². The lowest BCUT2D eigenvalue weighted by Crippen LogP contribution is -2.42. The van der Waals surface area contributed by atoms with Crippen molar-refractivity contribution in [1.29, 1.82) is 0 Å². The zero-order valence-corrected chi connectivity index (χ0v) is 17.5. The van der Waals surface area contributed by atoms with Crippen LogP contribution in [0.25, 0.3) is 10.9 Å². The number of amides is 1. The van der Waals surface area contributed by atoms with E-state index in [4.69, 9.17) is 11.2 Å². The van der Waals surface area contributed by atoms with E-state index in [0.29, 0.717) is 30.0 Å². The van der Waals surface area contributed by atoms with Gasteiger partial charge in [-0.2, -0.15) is 5.10 Å². The third-order valence-electron chi connectivity index (χ3n) is 5.90. The van der Waals surface area contributed by atoms with Crippen LogP contribution in [0.5, 0.6) is 5.75 Å². The number of hydrogen-bond donors (Lipinski definition) is 3.